The molecule has 0 bridgehead atoms. The maximum Gasteiger partial charge on any atom is 0.343 e. The minimum Gasteiger partial charge on any atom is -0.506 e. The zero-order valence-corrected chi connectivity index (χ0v) is 13.1. The maximum absolute atomic E-state index is 12.3. The van der Waals surface area contributed by atoms with Crippen LogP contribution < -0.4 is 16.2 Å². The average Bonchev–Trinajstić information content (AvgIpc) is 2.62. The molecule has 0 aliphatic rings. The molecule has 126 valence electrons. The second-order valence-electron chi connectivity index (χ2n) is 5.41. The molecule has 0 aromatic heterocycles. The molecule has 0 atom stereocenters. The fraction of sp³-hybridized carbons (Fsp3) is 0. The molecule has 0 fully saturated rings. The van der Waals surface area contributed by atoms with E-state index in [0.29, 0.717) is 11.1 Å². The van der Waals surface area contributed by atoms with Crippen molar-refractivity contribution in [2.75, 3.05) is 11.5 Å². The standard InChI is InChI=1S/C19H16N2O4/c20-13-7-6-12(10-15(13)22)17-16(9-8-14(21)18(17)23)25-19(24)11-4-2-1-3-5-11/h1-10,22-23H,20-21H2. The van der Waals surface area contributed by atoms with E-state index in [1.54, 1.807) is 36.4 Å². The quantitative estimate of drug-likeness (QED) is 0.252. The number of nitrogen functional groups attached to an aromatic ring is 2. The molecule has 0 amide bonds. The third kappa shape index (κ3) is 3.18. The number of phenolic OH excluding ortho intramolecular Hbond substituents is 2. The summed E-state index contributed by atoms with van der Waals surface area (Å²) in [6, 6.07) is 15.8. The van der Waals surface area contributed by atoms with E-state index in [1.807, 2.05) is 0 Å². The lowest BCUT2D eigenvalue weighted by Gasteiger charge is -2.14. The van der Waals surface area contributed by atoms with Gasteiger partial charge in [0.15, 0.2) is 0 Å². The average molecular weight is 336 g/mol. The molecule has 0 aliphatic carbocycles. The van der Waals surface area contributed by atoms with E-state index < -0.39 is 5.97 Å². The molecular formula is C19H16N2O4. The number of carbonyl (C=O) groups excluding carboxylic acids is 1. The summed E-state index contributed by atoms with van der Waals surface area (Å²) in [4.78, 5) is 12.3. The monoisotopic (exact) mass is 336 g/mol. The summed E-state index contributed by atoms with van der Waals surface area (Å²) in [6.45, 7) is 0. The van der Waals surface area contributed by atoms with Crippen molar-refractivity contribution in [3.05, 3.63) is 66.2 Å². The molecule has 3 aromatic rings. The summed E-state index contributed by atoms with van der Waals surface area (Å²) in [5.41, 5.74) is 12.6. The van der Waals surface area contributed by atoms with Gasteiger partial charge in [0.25, 0.3) is 0 Å². The Kier molecular flexibility index (Phi) is 4.18. The molecule has 0 spiro atoms. The van der Waals surface area contributed by atoms with Gasteiger partial charge in [-0.15, -0.1) is 0 Å². The molecule has 0 unspecified atom stereocenters. The Bertz CT molecular complexity index is 940. The van der Waals surface area contributed by atoms with Gasteiger partial charge in [-0.25, -0.2) is 4.79 Å². The van der Waals surface area contributed by atoms with E-state index in [-0.39, 0.29) is 34.2 Å². The Morgan fingerprint density at radius 1 is 0.880 bits per heavy atom. The molecule has 6 nitrogen and oxygen atoms in total. The molecule has 0 saturated carbocycles. The van der Waals surface area contributed by atoms with Gasteiger partial charge in [-0.2, -0.15) is 0 Å². The number of carbonyl (C=O) groups is 1. The van der Waals surface area contributed by atoms with Gasteiger partial charge >= 0.3 is 5.97 Å². The van der Waals surface area contributed by atoms with Crippen LogP contribution in [0.1, 0.15) is 10.4 Å². The van der Waals surface area contributed by atoms with Crippen LogP contribution in [0, 0.1) is 0 Å². The van der Waals surface area contributed by atoms with Crippen LogP contribution in [-0.4, -0.2) is 16.2 Å². The molecule has 0 radical (unpaired) electrons. The van der Waals surface area contributed by atoms with E-state index >= 15 is 0 Å². The molecule has 6 heteroatoms. The number of aromatic hydroxyl groups is 2. The number of hydrogen-bond donors (Lipinski definition) is 4. The third-order valence-corrected chi connectivity index (χ3v) is 3.70. The molecule has 0 saturated heterocycles. The summed E-state index contributed by atoms with van der Waals surface area (Å²) in [6.07, 6.45) is 0. The van der Waals surface area contributed by atoms with Crippen LogP contribution in [0.25, 0.3) is 11.1 Å². The normalized spacial score (nSPS) is 10.4. The first-order valence-electron chi connectivity index (χ1n) is 7.45. The molecule has 6 N–H and O–H groups in total. The van der Waals surface area contributed by atoms with Gasteiger partial charge in [0.1, 0.15) is 17.2 Å². The van der Waals surface area contributed by atoms with Gasteiger partial charge < -0.3 is 26.4 Å². The largest absolute Gasteiger partial charge is 0.506 e. The van der Waals surface area contributed by atoms with Crippen LogP contribution in [0.2, 0.25) is 0 Å². The Balaban J connectivity index is 2.07. The topological polar surface area (TPSA) is 119 Å². The predicted molar refractivity (Wildman–Crippen MR) is 95.4 cm³/mol. The van der Waals surface area contributed by atoms with E-state index in [1.165, 1.54) is 24.3 Å². The van der Waals surface area contributed by atoms with Crippen molar-refractivity contribution >= 4 is 17.3 Å². The fourth-order valence-corrected chi connectivity index (χ4v) is 2.39. The summed E-state index contributed by atoms with van der Waals surface area (Å²) < 4.78 is 5.42. The zero-order valence-electron chi connectivity index (χ0n) is 13.1. The maximum atomic E-state index is 12.3. The minimum atomic E-state index is -0.578. The van der Waals surface area contributed by atoms with Crippen LogP contribution in [0.4, 0.5) is 11.4 Å². The highest BCUT2D eigenvalue weighted by molar-refractivity contribution is 5.93. The van der Waals surface area contributed by atoms with Crippen molar-refractivity contribution in [1.82, 2.24) is 0 Å². The second kappa shape index (κ2) is 6.45. The van der Waals surface area contributed by atoms with Gasteiger partial charge in [-0.3, -0.25) is 0 Å². The van der Waals surface area contributed by atoms with Crippen LogP contribution >= 0.6 is 0 Å². The highest BCUT2D eigenvalue weighted by Gasteiger charge is 2.18. The van der Waals surface area contributed by atoms with Crippen molar-refractivity contribution in [1.29, 1.82) is 0 Å². The Morgan fingerprint density at radius 2 is 1.56 bits per heavy atom. The molecule has 3 rings (SSSR count). The number of benzene rings is 3. The summed E-state index contributed by atoms with van der Waals surface area (Å²) in [7, 11) is 0. The lowest BCUT2D eigenvalue weighted by molar-refractivity contribution is 0.0735. The van der Waals surface area contributed by atoms with Crippen LogP contribution in [0.5, 0.6) is 17.2 Å². The van der Waals surface area contributed by atoms with E-state index in [0.717, 1.165) is 0 Å². The smallest absolute Gasteiger partial charge is 0.343 e. The number of ether oxygens (including phenoxy) is 1. The SMILES string of the molecule is Nc1ccc(-c2c(OC(=O)c3ccccc3)ccc(N)c2O)cc1O. The highest BCUT2D eigenvalue weighted by atomic mass is 16.5. The Labute approximate surface area is 143 Å². The van der Waals surface area contributed by atoms with E-state index in [4.69, 9.17) is 16.2 Å². The summed E-state index contributed by atoms with van der Waals surface area (Å²) in [5.74, 6) is -0.863. The van der Waals surface area contributed by atoms with E-state index in [9.17, 15) is 15.0 Å². The van der Waals surface area contributed by atoms with Crippen molar-refractivity contribution < 1.29 is 19.7 Å². The molecule has 0 heterocycles. The van der Waals surface area contributed by atoms with Crippen molar-refractivity contribution in [3.63, 3.8) is 0 Å². The lowest BCUT2D eigenvalue weighted by atomic mass is 10.0. The van der Waals surface area contributed by atoms with Crippen molar-refractivity contribution in [2.24, 2.45) is 0 Å². The summed E-state index contributed by atoms with van der Waals surface area (Å²) in [5, 5.41) is 20.2. The Hall–Kier alpha value is -3.67. The Morgan fingerprint density at radius 3 is 2.24 bits per heavy atom. The third-order valence-electron chi connectivity index (χ3n) is 3.70. The fourth-order valence-electron chi connectivity index (χ4n) is 2.39. The van der Waals surface area contributed by atoms with Crippen LogP contribution in [-0.2, 0) is 0 Å². The van der Waals surface area contributed by atoms with Crippen LogP contribution in [0.15, 0.2) is 60.7 Å². The molecule has 0 aliphatic heterocycles. The molecular weight excluding hydrogens is 320 g/mol. The van der Waals surface area contributed by atoms with Gasteiger partial charge in [-0.1, -0.05) is 24.3 Å². The number of anilines is 2. The lowest BCUT2D eigenvalue weighted by Crippen LogP contribution is -2.09. The van der Waals surface area contributed by atoms with Crippen molar-refractivity contribution in [3.8, 4) is 28.4 Å². The van der Waals surface area contributed by atoms with E-state index in [2.05, 4.69) is 0 Å². The summed E-state index contributed by atoms with van der Waals surface area (Å²) >= 11 is 0. The van der Waals surface area contributed by atoms with Gasteiger partial charge in [0.05, 0.1) is 22.5 Å². The second-order valence-corrected chi connectivity index (χ2v) is 5.41. The highest BCUT2D eigenvalue weighted by Crippen LogP contribution is 2.43. The first-order chi connectivity index (χ1) is 12.0. The minimum absolute atomic E-state index is 0.115. The zero-order chi connectivity index (χ0) is 18.0. The number of rotatable bonds is 3. The number of phenols is 2. The first-order valence-corrected chi connectivity index (χ1v) is 7.45. The van der Waals surface area contributed by atoms with Crippen LogP contribution in [0.3, 0.4) is 0 Å². The molecule has 3 aromatic carbocycles. The number of hydrogen-bond acceptors (Lipinski definition) is 6. The van der Waals surface area contributed by atoms with Gasteiger partial charge in [0.2, 0.25) is 0 Å². The first kappa shape index (κ1) is 16.2. The number of esters is 1. The number of nitrogens with two attached hydrogens (primary N) is 2. The van der Waals surface area contributed by atoms with Gasteiger partial charge in [-0.05, 0) is 42.0 Å². The van der Waals surface area contributed by atoms with Crippen molar-refractivity contribution in [2.45, 2.75) is 0 Å². The predicted octanol–water partition coefficient (Wildman–Crippen LogP) is 3.15. The van der Waals surface area contributed by atoms with Gasteiger partial charge in [0, 0.05) is 0 Å². The molecule has 25 heavy (non-hydrogen) atoms.